The van der Waals surface area contributed by atoms with E-state index in [1.54, 1.807) is 36.4 Å². The second-order valence-corrected chi connectivity index (χ2v) is 8.26. The fourth-order valence-electron chi connectivity index (χ4n) is 3.14. The van der Waals surface area contributed by atoms with E-state index in [0.29, 0.717) is 12.3 Å². The van der Waals surface area contributed by atoms with Crippen LogP contribution in [0.4, 0.5) is 5.69 Å². The average Bonchev–Trinajstić information content (AvgIpc) is 3.16. The third kappa shape index (κ3) is 5.08. The van der Waals surface area contributed by atoms with Crippen molar-refractivity contribution in [3.8, 4) is 5.75 Å². The van der Waals surface area contributed by atoms with E-state index in [0.717, 1.165) is 31.4 Å². The Morgan fingerprint density at radius 3 is 2.48 bits per heavy atom. The zero-order valence-electron chi connectivity index (χ0n) is 15.3. The number of rotatable bonds is 7. The molecule has 0 saturated heterocycles. The molecule has 144 valence electrons. The Labute approximate surface area is 160 Å². The van der Waals surface area contributed by atoms with E-state index in [1.165, 1.54) is 12.1 Å². The van der Waals surface area contributed by atoms with E-state index in [4.69, 9.17) is 4.74 Å². The Hall–Kier alpha value is -2.38. The summed E-state index contributed by atoms with van der Waals surface area (Å²) in [7, 11) is -3.63. The van der Waals surface area contributed by atoms with Crippen molar-refractivity contribution in [2.75, 3.05) is 11.9 Å². The van der Waals surface area contributed by atoms with Crippen LogP contribution in [-0.2, 0) is 10.0 Å². The van der Waals surface area contributed by atoms with Gasteiger partial charge in [0.05, 0.1) is 11.5 Å². The van der Waals surface area contributed by atoms with E-state index in [2.05, 4.69) is 10.0 Å². The number of benzene rings is 2. The summed E-state index contributed by atoms with van der Waals surface area (Å²) < 4.78 is 33.2. The van der Waals surface area contributed by atoms with Crippen molar-refractivity contribution in [3.05, 3.63) is 54.1 Å². The summed E-state index contributed by atoms with van der Waals surface area (Å²) in [5.74, 6) is 0.360. The summed E-state index contributed by atoms with van der Waals surface area (Å²) in [6, 6.07) is 13.1. The van der Waals surface area contributed by atoms with Crippen LogP contribution in [0.2, 0.25) is 0 Å². The van der Waals surface area contributed by atoms with E-state index in [-0.39, 0.29) is 22.4 Å². The molecule has 0 radical (unpaired) electrons. The van der Waals surface area contributed by atoms with Crippen LogP contribution in [0.25, 0.3) is 0 Å². The summed E-state index contributed by atoms with van der Waals surface area (Å²) in [6.07, 6.45) is 3.80. The first-order chi connectivity index (χ1) is 13.0. The molecule has 0 bridgehead atoms. The van der Waals surface area contributed by atoms with Gasteiger partial charge in [0, 0.05) is 17.3 Å². The molecule has 1 saturated carbocycles. The van der Waals surface area contributed by atoms with Crippen LogP contribution in [0, 0.1) is 0 Å². The van der Waals surface area contributed by atoms with Gasteiger partial charge in [-0.05, 0) is 62.2 Å². The standard InChI is InChI=1S/C20H24N2O4S/c1-2-26-18-12-10-16(11-13-18)21-20(23)15-6-5-9-19(14-15)27(24,25)22-17-7-3-4-8-17/h5-6,9-14,17,22H,2-4,7-8H2,1H3,(H,21,23). The highest BCUT2D eigenvalue weighted by Crippen LogP contribution is 2.21. The van der Waals surface area contributed by atoms with Gasteiger partial charge >= 0.3 is 0 Å². The van der Waals surface area contributed by atoms with Gasteiger partial charge in [-0.1, -0.05) is 18.9 Å². The van der Waals surface area contributed by atoms with Gasteiger partial charge in [-0.15, -0.1) is 0 Å². The molecule has 0 spiro atoms. The van der Waals surface area contributed by atoms with Gasteiger partial charge < -0.3 is 10.1 Å². The molecule has 1 aliphatic carbocycles. The maximum atomic E-state index is 12.6. The molecule has 7 heteroatoms. The molecule has 0 aromatic heterocycles. The van der Waals surface area contributed by atoms with Crippen LogP contribution >= 0.6 is 0 Å². The predicted octanol–water partition coefficient (Wildman–Crippen LogP) is 3.56. The summed E-state index contributed by atoms with van der Waals surface area (Å²) in [6.45, 7) is 2.47. The van der Waals surface area contributed by atoms with Gasteiger partial charge in [-0.2, -0.15) is 0 Å². The van der Waals surface area contributed by atoms with Crippen molar-refractivity contribution in [3.63, 3.8) is 0 Å². The van der Waals surface area contributed by atoms with Gasteiger partial charge in [0.2, 0.25) is 10.0 Å². The van der Waals surface area contributed by atoms with Gasteiger partial charge in [0.15, 0.2) is 0 Å². The lowest BCUT2D eigenvalue weighted by Crippen LogP contribution is -2.32. The molecule has 2 N–H and O–H groups in total. The maximum absolute atomic E-state index is 12.6. The van der Waals surface area contributed by atoms with Crippen molar-refractivity contribution >= 4 is 21.6 Å². The number of sulfonamides is 1. The average molecular weight is 388 g/mol. The maximum Gasteiger partial charge on any atom is 0.255 e. The second-order valence-electron chi connectivity index (χ2n) is 6.54. The second kappa shape index (κ2) is 8.54. The van der Waals surface area contributed by atoms with Crippen molar-refractivity contribution in [1.29, 1.82) is 0 Å². The lowest BCUT2D eigenvalue weighted by molar-refractivity contribution is 0.102. The normalized spacial score (nSPS) is 14.9. The van der Waals surface area contributed by atoms with Crippen LogP contribution < -0.4 is 14.8 Å². The Bertz CT molecular complexity index is 888. The van der Waals surface area contributed by atoms with Crippen molar-refractivity contribution in [2.45, 2.75) is 43.5 Å². The number of nitrogens with one attached hydrogen (secondary N) is 2. The Balaban J connectivity index is 1.71. The molecule has 0 atom stereocenters. The molecule has 1 fully saturated rings. The van der Waals surface area contributed by atoms with Crippen molar-refractivity contribution in [2.24, 2.45) is 0 Å². The molecule has 0 unspecified atom stereocenters. The lowest BCUT2D eigenvalue weighted by Gasteiger charge is -2.13. The van der Waals surface area contributed by atoms with Crippen molar-refractivity contribution < 1.29 is 17.9 Å². The monoisotopic (exact) mass is 388 g/mol. The third-order valence-corrected chi connectivity index (χ3v) is 6.02. The number of hydrogen-bond donors (Lipinski definition) is 2. The zero-order chi connectivity index (χ0) is 19.3. The Kier molecular flexibility index (Phi) is 6.13. The summed E-state index contributed by atoms with van der Waals surface area (Å²) in [5.41, 5.74) is 0.902. The summed E-state index contributed by atoms with van der Waals surface area (Å²) in [5, 5.41) is 2.77. The van der Waals surface area contributed by atoms with Crippen molar-refractivity contribution in [1.82, 2.24) is 4.72 Å². The van der Waals surface area contributed by atoms with E-state index in [9.17, 15) is 13.2 Å². The van der Waals surface area contributed by atoms with E-state index in [1.807, 2.05) is 6.92 Å². The summed E-state index contributed by atoms with van der Waals surface area (Å²) >= 11 is 0. The van der Waals surface area contributed by atoms with Crippen LogP contribution in [0.15, 0.2) is 53.4 Å². The lowest BCUT2D eigenvalue weighted by atomic mass is 10.2. The first kappa shape index (κ1) is 19.4. The molecule has 27 heavy (non-hydrogen) atoms. The molecule has 1 aliphatic rings. The predicted molar refractivity (Wildman–Crippen MR) is 105 cm³/mol. The molecule has 3 rings (SSSR count). The number of carbonyl (C=O) groups excluding carboxylic acids is 1. The topological polar surface area (TPSA) is 84.5 Å². The minimum Gasteiger partial charge on any atom is -0.494 e. The van der Waals surface area contributed by atoms with Crippen LogP contribution in [0.5, 0.6) is 5.75 Å². The molecule has 2 aromatic carbocycles. The molecule has 2 aromatic rings. The number of anilines is 1. The van der Waals surface area contributed by atoms with Crippen LogP contribution in [0.1, 0.15) is 43.0 Å². The minimum atomic E-state index is -3.63. The number of amides is 1. The Morgan fingerprint density at radius 2 is 1.81 bits per heavy atom. The minimum absolute atomic E-state index is 0.0173. The number of hydrogen-bond acceptors (Lipinski definition) is 4. The largest absolute Gasteiger partial charge is 0.494 e. The third-order valence-electron chi connectivity index (χ3n) is 4.51. The molecular weight excluding hydrogens is 364 g/mol. The van der Waals surface area contributed by atoms with Crippen LogP contribution in [0.3, 0.4) is 0 Å². The van der Waals surface area contributed by atoms with Gasteiger partial charge in [0.25, 0.3) is 5.91 Å². The first-order valence-corrected chi connectivity index (χ1v) is 10.6. The number of carbonyl (C=O) groups is 1. The SMILES string of the molecule is CCOc1ccc(NC(=O)c2cccc(S(=O)(=O)NC3CCCC3)c2)cc1. The molecular formula is C20H24N2O4S. The fraction of sp³-hybridized carbons (Fsp3) is 0.350. The fourth-order valence-corrected chi connectivity index (χ4v) is 4.49. The highest BCUT2D eigenvalue weighted by molar-refractivity contribution is 7.89. The molecule has 6 nitrogen and oxygen atoms in total. The first-order valence-electron chi connectivity index (χ1n) is 9.14. The van der Waals surface area contributed by atoms with Crippen LogP contribution in [-0.4, -0.2) is 27.0 Å². The van der Waals surface area contributed by atoms with E-state index < -0.39 is 10.0 Å². The van der Waals surface area contributed by atoms with E-state index >= 15 is 0 Å². The molecule has 0 heterocycles. The van der Waals surface area contributed by atoms with Gasteiger partial charge in [-0.3, -0.25) is 4.79 Å². The molecule has 1 amide bonds. The summed E-state index contributed by atoms with van der Waals surface area (Å²) in [4.78, 5) is 12.6. The highest BCUT2D eigenvalue weighted by Gasteiger charge is 2.23. The molecule has 0 aliphatic heterocycles. The van der Waals surface area contributed by atoms with Gasteiger partial charge in [-0.25, -0.2) is 13.1 Å². The quantitative estimate of drug-likeness (QED) is 0.760. The van der Waals surface area contributed by atoms with Gasteiger partial charge in [0.1, 0.15) is 5.75 Å². The highest BCUT2D eigenvalue weighted by atomic mass is 32.2. The smallest absolute Gasteiger partial charge is 0.255 e. The number of ether oxygens (including phenoxy) is 1. The zero-order valence-corrected chi connectivity index (χ0v) is 16.1. The Morgan fingerprint density at radius 1 is 1.11 bits per heavy atom.